The van der Waals surface area contributed by atoms with Crippen molar-refractivity contribution in [3.8, 4) is 0 Å². The van der Waals surface area contributed by atoms with Crippen LogP contribution in [0.15, 0.2) is 0 Å². The molecular formula is H4CaO4Se. The van der Waals surface area contributed by atoms with Gasteiger partial charge in [-0.15, -0.1) is 0 Å². The quantitative estimate of drug-likeness (QED) is 0.406. The van der Waals surface area contributed by atoms with Crippen LogP contribution in [0, 0.1) is 0 Å². The van der Waals surface area contributed by atoms with Crippen molar-refractivity contribution in [2.75, 3.05) is 0 Å². The molecule has 0 aromatic carbocycles. The zero-order valence-electron chi connectivity index (χ0n) is 2.12. The van der Waals surface area contributed by atoms with Crippen molar-refractivity contribution in [1.82, 2.24) is 0 Å². The molecule has 6 heteroatoms. The van der Waals surface area contributed by atoms with E-state index in [1.807, 2.05) is 0 Å². The molecule has 0 saturated heterocycles. The summed E-state index contributed by atoms with van der Waals surface area (Å²) in [5.41, 5.74) is 0. The van der Waals surface area contributed by atoms with Crippen LogP contribution in [0.3, 0.4) is 0 Å². The van der Waals surface area contributed by atoms with Crippen molar-refractivity contribution in [3.63, 3.8) is 0 Å². The summed E-state index contributed by atoms with van der Waals surface area (Å²) in [5, 5.41) is 0. The van der Waals surface area contributed by atoms with Gasteiger partial charge in [0.05, 0.1) is 0 Å². The fourth-order valence-corrected chi connectivity index (χ4v) is 0. The third-order valence-corrected chi connectivity index (χ3v) is 0. The molecule has 0 fully saturated rings. The van der Waals surface area contributed by atoms with Gasteiger partial charge in [-0.05, 0) is 0 Å². The van der Waals surface area contributed by atoms with E-state index >= 15 is 0 Å². The molecule has 0 amide bonds. The van der Waals surface area contributed by atoms with E-state index in [1.54, 1.807) is 0 Å². The first kappa shape index (κ1) is 10.3. The van der Waals surface area contributed by atoms with Crippen LogP contribution in [0.2, 0.25) is 0 Å². The van der Waals surface area contributed by atoms with Gasteiger partial charge < -0.3 is 0 Å². The van der Waals surface area contributed by atoms with Gasteiger partial charge in [-0.25, -0.2) is 0 Å². The maximum atomic E-state index is 8.82. The Hall–Kier alpha value is 1.30. The molecule has 6 heavy (non-hydrogen) atoms. The van der Waals surface area contributed by atoms with Crippen molar-refractivity contribution in [2.24, 2.45) is 0 Å². The number of rotatable bonds is 0. The van der Waals surface area contributed by atoms with E-state index in [0.29, 0.717) is 0 Å². The molecule has 0 aliphatic carbocycles. The van der Waals surface area contributed by atoms with Gasteiger partial charge in [0.1, 0.15) is 0 Å². The molecule has 0 atom stereocenters. The zero-order valence-corrected chi connectivity index (χ0v) is 3.83. The average molecular weight is 187 g/mol. The fraction of sp³-hybridized carbons (Fsp3) is 0. The first-order valence-corrected chi connectivity index (χ1v) is 3.63. The summed E-state index contributed by atoms with van der Waals surface area (Å²) in [4.78, 5) is 0. The summed E-state index contributed by atoms with van der Waals surface area (Å²) in [6.07, 6.45) is 0. The standard InChI is InChI=1S/Ca.H2O4Se.2H/c;1-5(2,3)4;;/h;(H2,1,2,3,4);;. The van der Waals surface area contributed by atoms with Crippen molar-refractivity contribution in [3.05, 3.63) is 0 Å². The molecule has 2 N–H and O–H groups in total. The van der Waals surface area contributed by atoms with Crippen LogP contribution in [0.5, 0.6) is 0 Å². The summed E-state index contributed by atoms with van der Waals surface area (Å²) < 4.78 is 31.9. The minimum atomic E-state index is -5.25. The van der Waals surface area contributed by atoms with Gasteiger partial charge in [0.15, 0.2) is 0 Å². The Morgan fingerprint density at radius 2 is 1.17 bits per heavy atom. The van der Waals surface area contributed by atoms with Crippen molar-refractivity contribution >= 4 is 51.1 Å². The zero-order chi connectivity index (χ0) is 4.50. The predicted molar refractivity (Wildman–Crippen MR) is 20.1 cm³/mol. The third-order valence-electron chi connectivity index (χ3n) is 0. The summed E-state index contributed by atoms with van der Waals surface area (Å²) in [6.45, 7) is 0. The SMILES string of the molecule is O=[Se](=O)(O)O.[CaH2]. The van der Waals surface area contributed by atoms with Gasteiger partial charge in [-0.2, -0.15) is 0 Å². The van der Waals surface area contributed by atoms with E-state index in [4.69, 9.17) is 16.0 Å². The molecule has 0 aromatic heterocycles. The topological polar surface area (TPSA) is 74.6 Å². The Bertz CT molecular complexity index is 90.7. The van der Waals surface area contributed by atoms with Gasteiger partial charge in [0, 0.05) is 0 Å². The van der Waals surface area contributed by atoms with E-state index < -0.39 is 13.4 Å². The normalized spacial score (nSPS) is 9.67. The van der Waals surface area contributed by atoms with Crippen LogP contribution in [-0.2, 0) is 7.67 Å². The van der Waals surface area contributed by atoms with Crippen LogP contribution >= 0.6 is 0 Å². The molecule has 0 aromatic rings. The Morgan fingerprint density at radius 3 is 1.17 bits per heavy atom. The van der Waals surface area contributed by atoms with Gasteiger partial charge in [-0.1, -0.05) is 0 Å². The molecule has 0 spiro atoms. The summed E-state index contributed by atoms with van der Waals surface area (Å²) in [5.74, 6) is 0. The third kappa shape index (κ3) is 58.0. The summed E-state index contributed by atoms with van der Waals surface area (Å²) in [6, 6.07) is 0. The second-order valence-corrected chi connectivity index (χ2v) is 2.33. The van der Waals surface area contributed by atoms with Gasteiger partial charge in [0.2, 0.25) is 0 Å². The monoisotopic (exact) mass is 188 g/mol. The number of hydrogen-bond donors (Lipinski definition) is 2. The van der Waals surface area contributed by atoms with E-state index in [0.717, 1.165) is 0 Å². The van der Waals surface area contributed by atoms with Crippen LogP contribution in [0.25, 0.3) is 0 Å². The first-order valence-electron chi connectivity index (χ1n) is 0.698. The van der Waals surface area contributed by atoms with E-state index in [9.17, 15) is 0 Å². The van der Waals surface area contributed by atoms with Crippen molar-refractivity contribution < 1.29 is 16.0 Å². The van der Waals surface area contributed by atoms with Crippen molar-refractivity contribution in [1.29, 1.82) is 0 Å². The summed E-state index contributed by atoms with van der Waals surface area (Å²) >= 11 is -5.25. The number of hydrogen-bond acceptors (Lipinski definition) is 2. The predicted octanol–water partition coefficient (Wildman–Crippen LogP) is -2.65. The molecule has 0 heterocycles. The minimum absolute atomic E-state index is 0. The van der Waals surface area contributed by atoms with Crippen LogP contribution in [-0.4, -0.2) is 59.5 Å². The second kappa shape index (κ2) is 3.32. The Labute approximate surface area is 66.4 Å². The molecule has 0 unspecified atom stereocenters. The van der Waals surface area contributed by atoms with Gasteiger partial charge in [-0.3, -0.25) is 0 Å². The molecule has 0 rings (SSSR count). The fourth-order valence-electron chi connectivity index (χ4n) is 0. The molecule has 4 nitrogen and oxygen atoms in total. The van der Waals surface area contributed by atoms with E-state index in [1.165, 1.54) is 0 Å². The van der Waals surface area contributed by atoms with Crippen LogP contribution in [0.1, 0.15) is 0 Å². The molecule has 0 radical (unpaired) electrons. The van der Waals surface area contributed by atoms with E-state index in [2.05, 4.69) is 0 Å². The van der Waals surface area contributed by atoms with Gasteiger partial charge in [0.25, 0.3) is 0 Å². The molecule has 36 valence electrons. The molecular weight excluding hydrogens is 183 g/mol. The van der Waals surface area contributed by atoms with Crippen LogP contribution in [0.4, 0.5) is 0 Å². The Balaban J connectivity index is 0. The molecule has 0 bridgehead atoms. The van der Waals surface area contributed by atoms with E-state index in [-0.39, 0.29) is 37.7 Å². The Kier molecular flexibility index (Phi) is 5.71. The average Bonchev–Trinajstić information content (AvgIpc) is 0.722. The summed E-state index contributed by atoms with van der Waals surface area (Å²) in [7, 11) is 0. The van der Waals surface area contributed by atoms with Gasteiger partial charge >= 0.3 is 67.2 Å². The molecule has 0 saturated carbocycles. The molecule has 0 aliphatic rings. The van der Waals surface area contributed by atoms with Crippen LogP contribution < -0.4 is 0 Å². The second-order valence-electron chi connectivity index (χ2n) is 0.448. The first-order chi connectivity index (χ1) is 2.00. The molecule has 0 aliphatic heterocycles. The maximum absolute atomic E-state index is 8.82. The van der Waals surface area contributed by atoms with Crippen molar-refractivity contribution in [2.45, 2.75) is 0 Å². The Morgan fingerprint density at radius 1 is 1.17 bits per heavy atom.